The van der Waals surface area contributed by atoms with E-state index in [2.05, 4.69) is 10.3 Å². The number of benzene rings is 3. The summed E-state index contributed by atoms with van der Waals surface area (Å²) in [5, 5.41) is 11.8. The second-order valence-electron chi connectivity index (χ2n) is 7.52. The van der Waals surface area contributed by atoms with Crippen LogP contribution >= 0.6 is 0 Å². The van der Waals surface area contributed by atoms with Gasteiger partial charge in [0.15, 0.2) is 0 Å². The van der Waals surface area contributed by atoms with Gasteiger partial charge in [-0.3, -0.25) is 9.59 Å². The Morgan fingerprint density at radius 2 is 1.76 bits per heavy atom. The number of halogens is 4. The summed E-state index contributed by atoms with van der Waals surface area (Å²) in [4.78, 5) is 28.4. The number of carboxylic acids is 1. The number of anilines is 1. The van der Waals surface area contributed by atoms with Crippen molar-refractivity contribution in [3.05, 3.63) is 95.6 Å². The van der Waals surface area contributed by atoms with Crippen molar-refractivity contribution in [3.8, 4) is 0 Å². The number of hydrogen-bond donors (Lipinski definition) is 2. The minimum atomic E-state index is -4.92. The molecule has 0 saturated carbocycles. The van der Waals surface area contributed by atoms with Crippen LogP contribution < -0.4 is 5.32 Å². The molecule has 0 aliphatic heterocycles. The molecule has 174 valence electrons. The van der Waals surface area contributed by atoms with E-state index in [9.17, 15) is 32.3 Å². The van der Waals surface area contributed by atoms with Gasteiger partial charge in [-0.2, -0.15) is 13.2 Å². The van der Waals surface area contributed by atoms with Crippen molar-refractivity contribution in [2.24, 2.45) is 0 Å². The van der Waals surface area contributed by atoms with E-state index in [0.717, 1.165) is 17.7 Å². The highest BCUT2D eigenvalue weighted by Crippen LogP contribution is 2.33. The largest absolute Gasteiger partial charge is 0.481 e. The maximum Gasteiger partial charge on any atom is 0.417 e. The molecule has 0 aliphatic carbocycles. The van der Waals surface area contributed by atoms with Crippen LogP contribution in [0.2, 0.25) is 0 Å². The zero-order valence-corrected chi connectivity index (χ0v) is 17.4. The molecular formula is C24H17F4N3O3. The molecule has 2 N–H and O–H groups in total. The van der Waals surface area contributed by atoms with Crippen molar-refractivity contribution in [2.45, 2.75) is 18.6 Å². The van der Waals surface area contributed by atoms with E-state index in [4.69, 9.17) is 0 Å². The van der Waals surface area contributed by atoms with Crippen molar-refractivity contribution in [3.63, 3.8) is 0 Å². The van der Waals surface area contributed by atoms with Crippen LogP contribution in [0.4, 0.5) is 23.2 Å². The maximum absolute atomic E-state index is 13.4. The first-order chi connectivity index (χ1) is 16.1. The zero-order chi connectivity index (χ0) is 24.5. The minimum absolute atomic E-state index is 0.166. The number of imidazole rings is 1. The van der Waals surface area contributed by atoms with Crippen molar-refractivity contribution < 1.29 is 32.3 Å². The molecule has 10 heteroatoms. The van der Waals surface area contributed by atoms with Gasteiger partial charge in [0.05, 0.1) is 41.0 Å². The Morgan fingerprint density at radius 1 is 1.03 bits per heavy atom. The molecule has 0 bridgehead atoms. The van der Waals surface area contributed by atoms with Crippen LogP contribution in [0.15, 0.2) is 73.1 Å². The number of aromatic nitrogens is 2. The Morgan fingerprint density at radius 3 is 2.44 bits per heavy atom. The number of amides is 1. The van der Waals surface area contributed by atoms with Gasteiger partial charge in [0.1, 0.15) is 5.82 Å². The average Bonchev–Trinajstić information content (AvgIpc) is 3.20. The Kier molecular flexibility index (Phi) is 6.06. The summed E-state index contributed by atoms with van der Waals surface area (Å²) >= 11 is 0. The lowest BCUT2D eigenvalue weighted by molar-refractivity contribution is -0.138. The topological polar surface area (TPSA) is 84.2 Å². The third kappa shape index (κ3) is 4.75. The summed E-state index contributed by atoms with van der Waals surface area (Å²) in [6.45, 7) is 0. The molecule has 1 aromatic heterocycles. The maximum atomic E-state index is 13.4. The fraction of sp³-hybridized carbons (Fsp3) is 0.125. The number of hydrogen-bond acceptors (Lipinski definition) is 3. The van der Waals surface area contributed by atoms with Gasteiger partial charge in [-0.1, -0.05) is 30.3 Å². The van der Waals surface area contributed by atoms with Crippen LogP contribution in [0, 0.1) is 5.82 Å². The first-order valence-corrected chi connectivity index (χ1v) is 10.0. The number of nitrogens with zero attached hydrogens (tertiary/aromatic N) is 2. The molecule has 0 fully saturated rings. The van der Waals surface area contributed by atoms with Crippen LogP contribution in [0.25, 0.3) is 11.0 Å². The van der Waals surface area contributed by atoms with Gasteiger partial charge >= 0.3 is 12.1 Å². The molecule has 1 unspecified atom stereocenters. The number of carbonyl (C=O) groups is 2. The predicted molar refractivity (Wildman–Crippen MR) is 116 cm³/mol. The third-order valence-corrected chi connectivity index (χ3v) is 5.25. The molecule has 1 heterocycles. The first-order valence-electron chi connectivity index (χ1n) is 10.0. The summed E-state index contributed by atoms with van der Waals surface area (Å²) in [6, 6.07) is 14.6. The van der Waals surface area contributed by atoms with E-state index in [1.807, 2.05) is 0 Å². The second kappa shape index (κ2) is 8.97. The molecule has 4 rings (SSSR count). The molecule has 4 aromatic rings. The Bertz CT molecular complexity index is 1370. The van der Waals surface area contributed by atoms with Crippen LogP contribution in [-0.4, -0.2) is 26.5 Å². The Labute approximate surface area is 190 Å². The van der Waals surface area contributed by atoms with Crippen LogP contribution in [-0.2, 0) is 11.0 Å². The number of carboxylic acid groups (broad SMARTS) is 1. The molecule has 0 aliphatic rings. The van der Waals surface area contributed by atoms with Crippen molar-refractivity contribution in [1.29, 1.82) is 0 Å². The summed E-state index contributed by atoms with van der Waals surface area (Å²) in [6.07, 6.45) is -3.69. The summed E-state index contributed by atoms with van der Waals surface area (Å²) in [7, 11) is 0. The van der Waals surface area contributed by atoms with Gasteiger partial charge in [-0.15, -0.1) is 0 Å². The highest BCUT2D eigenvalue weighted by atomic mass is 19.4. The molecule has 6 nitrogen and oxygen atoms in total. The van der Waals surface area contributed by atoms with Crippen molar-refractivity contribution in [2.75, 3.05) is 5.32 Å². The van der Waals surface area contributed by atoms with E-state index in [0.29, 0.717) is 11.0 Å². The van der Waals surface area contributed by atoms with E-state index >= 15 is 0 Å². The zero-order valence-electron chi connectivity index (χ0n) is 17.4. The molecule has 0 saturated heterocycles. The number of nitrogens with one attached hydrogen (secondary N) is 1. The molecule has 34 heavy (non-hydrogen) atoms. The number of aliphatic carboxylic acids is 1. The SMILES string of the molecule is O=C(O)CC(c1ccccc1)n1cnc2ccc(NC(=O)c3ccc(F)cc3C(F)(F)F)cc21. The van der Waals surface area contributed by atoms with E-state index < -0.39 is 41.0 Å². The van der Waals surface area contributed by atoms with Gasteiger partial charge in [-0.05, 0) is 42.0 Å². The lowest BCUT2D eigenvalue weighted by Gasteiger charge is -2.18. The van der Waals surface area contributed by atoms with Gasteiger partial charge in [0.2, 0.25) is 0 Å². The smallest absolute Gasteiger partial charge is 0.417 e. The number of fused-ring (bicyclic) bond motifs is 1. The van der Waals surface area contributed by atoms with Gasteiger partial charge in [0.25, 0.3) is 5.91 Å². The monoisotopic (exact) mass is 471 g/mol. The van der Waals surface area contributed by atoms with Crippen LogP contribution in [0.3, 0.4) is 0 Å². The predicted octanol–water partition coefficient (Wildman–Crippen LogP) is 5.51. The van der Waals surface area contributed by atoms with Crippen molar-refractivity contribution >= 4 is 28.6 Å². The van der Waals surface area contributed by atoms with Gasteiger partial charge < -0.3 is 15.0 Å². The fourth-order valence-corrected chi connectivity index (χ4v) is 3.72. The van der Waals surface area contributed by atoms with E-state index in [-0.39, 0.29) is 18.2 Å². The average molecular weight is 471 g/mol. The number of alkyl halides is 3. The lowest BCUT2D eigenvalue weighted by atomic mass is 10.0. The van der Waals surface area contributed by atoms with E-state index in [1.165, 1.54) is 18.5 Å². The van der Waals surface area contributed by atoms with Gasteiger partial charge in [-0.25, -0.2) is 9.37 Å². The first kappa shape index (κ1) is 23.0. The summed E-state index contributed by atoms with van der Waals surface area (Å²) in [5.41, 5.74) is -0.249. The summed E-state index contributed by atoms with van der Waals surface area (Å²) in [5.74, 6) is -3.21. The molecule has 0 spiro atoms. The number of rotatable bonds is 6. The Hall–Kier alpha value is -4.21. The van der Waals surface area contributed by atoms with E-state index in [1.54, 1.807) is 41.0 Å². The lowest BCUT2D eigenvalue weighted by Crippen LogP contribution is -2.19. The molecule has 3 aromatic carbocycles. The number of carbonyl (C=O) groups excluding carboxylic acids is 1. The van der Waals surface area contributed by atoms with Crippen LogP contribution in [0.1, 0.15) is 33.9 Å². The molecular weight excluding hydrogens is 454 g/mol. The normalized spacial score (nSPS) is 12.5. The minimum Gasteiger partial charge on any atom is -0.481 e. The second-order valence-corrected chi connectivity index (χ2v) is 7.52. The van der Waals surface area contributed by atoms with Crippen LogP contribution in [0.5, 0.6) is 0 Å². The molecule has 1 amide bonds. The standard InChI is InChI=1S/C24H17F4N3O3/c25-15-6-8-17(18(10-15)24(26,27)28)23(34)30-16-7-9-19-21(11-16)31(13-29-19)20(12-22(32)33)14-4-2-1-3-5-14/h1-11,13,20H,12H2,(H,30,34)(H,32,33). The Balaban J connectivity index is 1.71. The fourth-order valence-electron chi connectivity index (χ4n) is 3.72. The summed E-state index contributed by atoms with van der Waals surface area (Å²) < 4.78 is 54.9. The third-order valence-electron chi connectivity index (χ3n) is 5.25. The highest BCUT2D eigenvalue weighted by Gasteiger charge is 2.35. The van der Waals surface area contributed by atoms with Gasteiger partial charge in [0, 0.05) is 5.69 Å². The highest BCUT2D eigenvalue weighted by molar-refractivity contribution is 6.06. The van der Waals surface area contributed by atoms with Crippen molar-refractivity contribution in [1.82, 2.24) is 9.55 Å². The molecule has 0 radical (unpaired) electrons. The quantitative estimate of drug-likeness (QED) is 0.363. The molecule has 1 atom stereocenters.